The van der Waals surface area contributed by atoms with Crippen LogP contribution in [0.1, 0.15) is 22.3 Å². The first kappa shape index (κ1) is 28.9. The first-order valence-electron chi connectivity index (χ1n) is 12.7. The molecule has 202 valence electrons. The lowest BCUT2D eigenvalue weighted by Crippen LogP contribution is -2.36. The second-order valence-corrected chi connectivity index (χ2v) is 10.9. The Labute approximate surface area is 242 Å². The maximum Gasteiger partial charge on any atom is 0.244 e. The van der Waals surface area contributed by atoms with E-state index in [0.29, 0.717) is 0 Å². The number of benzene rings is 4. The van der Waals surface area contributed by atoms with Crippen LogP contribution in [0, 0.1) is 0 Å². The third-order valence-electron chi connectivity index (χ3n) is 5.88. The van der Waals surface area contributed by atoms with Crippen molar-refractivity contribution in [1.29, 1.82) is 0 Å². The summed E-state index contributed by atoms with van der Waals surface area (Å²) in [5.74, 6) is -1.74. The first-order chi connectivity index (χ1) is 19.5. The van der Waals surface area contributed by atoms with Gasteiger partial charge in [0.15, 0.2) is 0 Å². The smallest absolute Gasteiger partial charge is 0.244 e. The van der Waals surface area contributed by atoms with Crippen LogP contribution in [0.15, 0.2) is 121 Å². The van der Waals surface area contributed by atoms with E-state index in [9.17, 15) is 19.2 Å². The molecule has 0 bridgehead atoms. The molecule has 4 amide bonds. The maximum absolute atomic E-state index is 13.4. The monoisotopic (exact) mass is 568 g/mol. The van der Waals surface area contributed by atoms with Gasteiger partial charge in [-0.25, -0.2) is 8.61 Å². The molecule has 4 aromatic carbocycles. The Morgan fingerprint density at radius 2 is 0.575 bits per heavy atom. The van der Waals surface area contributed by atoms with E-state index in [1.807, 2.05) is 121 Å². The quantitative estimate of drug-likeness (QED) is 0.166. The van der Waals surface area contributed by atoms with Gasteiger partial charge < -0.3 is 0 Å². The number of imide groups is 2. The lowest BCUT2D eigenvalue weighted by atomic mass is 10.1. The van der Waals surface area contributed by atoms with Crippen LogP contribution in [0.2, 0.25) is 0 Å². The van der Waals surface area contributed by atoms with Crippen LogP contribution in [0.5, 0.6) is 0 Å². The molecule has 0 unspecified atom stereocenters. The standard InChI is InChI=1S/C32H28N2O4S2/c35-29(21-25-13-5-1-6-14-25)33(30(36)22-26-15-7-2-8-16-26)39-40-34(31(37)23-27-17-9-3-10-18-27)32(38)24-28-19-11-4-12-20-28/h1-20H,21-24H2. The van der Waals surface area contributed by atoms with Gasteiger partial charge in [-0.15, -0.1) is 0 Å². The van der Waals surface area contributed by atoms with Crippen LogP contribution in [0.4, 0.5) is 0 Å². The molecule has 0 heterocycles. The zero-order valence-electron chi connectivity index (χ0n) is 21.7. The Kier molecular flexibility index (Phi) is 10.7. The highest BCUT2D eigenvalue weighted by Crippen LogP contribution is 2.33. The molecule has 0 aromatic heterocycles. The van der Waals surface area contributed by atoms with Gasteiger partial charge in [0.2, 0.25) is 23.6 Å². The SMILES string of the molecule is O=C(Cc1ccccc1)N(SSN(C(=O)Cc1ccccc1)C(=O)Cc1ccccc1)C(=O)Cc1ccccc1. The first-order valence-corrected chi connectivity index (χ1v) is 14.8. The Bertz CT molecular complexity index is 1200. The molecule has 40 heavy (non-hydrogen) atoms. The lowest BCUT2D eigenvalue weighted by Gasteiger charge is -2.24. The highest BCUT2D eigenvalue weighted by atomic mass is 33.1. The summed E-state index contributed by atoms with van der Waals surface area (Å²) in [6, 6.07) is 36.5. The molecule has 0 fully saturated rings. The number of carbonyl (C=O) groups is 4. The second kappa shape index (κ2) is 14.9. The van der Waals surface area contributed by atoms with E-state index in [1.54, 1.807) is 0 Å². The Morgan fingerprint density at radius 1 is 0.375 bits per heavy atom. The number of rotatable bonds is 11. The summed E-state index contributed by atoms with van der Waals surface area (Å²) >= 11 is 0. The fourth-order valence-corrected chi connectivity index (χ4v) is 6.00. The van der Waals surface area contributed by atoms with Crippen LogP contribution in [0.25, 0.3) is 0 Å². The van der Waals surface area contributed by atoms with Crippen molar-refractivity contribution in [2.24, 2.45) is 0 Å². The molecule has 0 N–H and O–H groups in total. The van der Waals surface area contributed by atoms with Gasteiger partial charge >= 0.3 is 0 Å². The number of hydrogen-bond donors (Lipinski definition) is 0. The molecule has 0 saturated carbocycles. The topological polar surface area (TPSA) is 74.8 Å². The summed E-state index contributed by atoms with van der Waals surface area (Å²) in [5.41, 5.74) is 3.03. The van der Waals surface area contributed by atoms with Crippen molar-refractivity contribution < 1.29 is 19.2 Å². The van der Waals surface area contributed by atoms with E-state index in [1.165, 1.54) is 0 Å². The van der Waals surface area contributed by atoms with Crippen LogP contribution >= 0.6 is 22.0 Å². The highest BCUT2D eigenvalue weighted by molar-refractivity contribution is 8.75. The largest absolute Gasteiger partial charge is 0.273 e. The van der Waals surface area contributed by atoms with E-state index in [4.69, 9.17) is 0 Å². The minimum absolute atomic E-state index is 0.00481. The Hall–Kier alpha value is -4.14. The lowest BCUT2D eigenvalue weighted by molar-refractivity contribution is -0.139. The number of carbonyl (C=O) groups excluding carboxylic acids is 4. The molecule has 6 nitrogen and oxygen atoms in total. The molecule has 0 atom stereocenters. The van der Waals surface area contributed by atoms with Crippen LogP contribution in [-0.2, 0) is 44.9 Å². The molecular formula is C32H28N2O4S2. The van der Waals surface area contributed by atoms with Crippen molar-refractivity contribution in [2.45, 2.75) is 25.7 Å². The Morgan fingerprint density at radius 3 is 0.775 bits per heavy atom. The van der Waals surface area contributed by atoms with Gasteiger partial charge in [0.25, 0.3) is 0 Å². The van der Waals surface area contributed by atoms with Gasteiger partial charge in [0, 0.05) is 0 Å². The van der Waals surface area contributed by atoms with Gasteiger partial charge in [-0.2, -0.15) is 0 Å². The van der Waals surface area contributed by atoms with Gasteiger partial charge in [-0.1, -0.05) is 121 Å². The van der Waals surface area contributed by atoms with Crippen LogP contribution in [-0.4, -0.2) is 32.2 Å². The number of nitrogens with zero attached hydrogens (tertiary/aromatic N) is 2. The van der Waals surface area contributed by atoms with Crippen molar-refractivity contribution in [1.82, 2.24) is 8.61 Å². The molecule has 8 heteroatoms. The summed E-state index contributed by atoms with van der Waals surface area (Å²) in [6.07, 6.45) is 0.0193. The van der Waals surface area contributed by atoms with Crippen LogP contribution < -0.4 is 0 Å². The Balaban J connectivity index is 1.54. The number of amides is 4. The van der Waals surface area contributed by atoms with Crippen molar-refractivity contribution in [3.8, 4) is 0 Å². The summed E-state index contributed by atoms with van der Waals surface area (Å²) in [6.45, 7) is 0. The highest BCUT2D eigenvalue weighted by Gasteiger charge is 2.29. The van der Waals surface area contributed by atoms with E-state index >= 15 is 0 Å². The zero-order chi connectivity index (χ0) is 28.2. The van der Waals surface area contributed by atoms with Crippen molar-refractivity contribution in [3.05, 3.63) is 144 Å². The minimum Gasteiger partial charge on any atom is -0.273 e. The maximum atomic E-state index is 13.4. The molecule has 0 aliphatic heterocycles. The third-order valence-corrected chi connectivity index (χ3v) is 8.15. The summed E-state index contributed by atoms with van der Waals surface area (Å²) < 4.78 is 2.12. The average Bonchev–Trinajstić information content (AvgIpc) is 2.97. The summed E-state index contributed by atoms with van der Waals surface area (Å²) in [4.78, 5) is 53.4. The molecule has 4 aromatic rings. The predicted molar refractivity (Wildman–Crippen MR) is 159 cm³/mol. The molecule has 0 radical (unpaired) electrons. The summed E-state index contributed by atoms with van der Waals surface area (Å²) in [5, 5.41) is 0. The van der Waals surface area contributed by atoms with Gasteiger partial charge in [0.05, 0.1) is 47.6 Å². The van der Waals surface area contributed by atoms with Crippen molar-refractivity contribution in [3.63, 3.8) is 0 Å². The number of hydrogen-bond acceptors (Lipinski definition) is 6. The molecular weight excluding hydrogens is 540 g/mol. The van der Waals surface area contributed by atoms with E-state index in [0.717, 1.165) is 52.8 Å². The second-order valence-electron chi connectivity index (χ2n) is 8.96. The zero-order valence-corrected chi connectivity index (χ0v) is 23.4. The fraction of sp³-hybridized carbons (Fsp3) is 0.125. The van der Waals surface area contributed by atoms with Gasteiger partial charge in [0.1, 0.15) is 0 Å². The van der Waals surface area contributed by atoms with Crippen LogP contribution in [0.3, 0.4) is 0 Å². The summed E-state index contributed by atoms with van der Waals surface area (Å²) in [7, 11) is 1.59. The van der Waals surface area contributed by atoms with Gasteiger partial charge in [-0.3, -0.25) is 19.2 Å². The van der Waals surface area contributed by atoms with E-state index in [-0.39, 0.29) is 25.7 Å². The van der Waals surface area contributed by atoms with Crippen molar-refractivity contribution in [2.75, 3.05) is 0 Å². The normalized spacial score (nSPS) is 10.5. The molecule has 0 aliphatic carbocycles. The average molecular weight is 569 g/mol. The van der Waals surface area contributed by atoms with Crippen molar-refractivity contribution >= 4 is 45.6 Å². The molecule has 0 spiro atoms. The fourth-order valence-electron chi connectivity index (χ4n) is 3.88. The molecule has 0 aliphatic rings. The molecule has 4 rings (SSSR count). The van der Waals surface area contributed by atoms with E-state index in [2.05, 4.69) is 0 Å². The third kappa shape index (κ3) is 8.69. The minimum atomic E-state index is -0.435. The van der Waals surface area contributed by atoms with E-state index < -0.39 is 23.6 Å². The molecule has 0 saturated heterocycles. The van der Waals surface area contributed by atoms with Gasteiger partial charge in [-0.05, 0) is 22.3 Å². The predicted octanol–water partition coefficient (Wildman–Crippen LogP) is 5.88.